The van der Waals surface area contributed by atoms with Crippen LogP contribution in [0.5, 0.6) is 0 Å². The summed E-state index contributed by atoms with van der Waals surface area (Å²) in [5, 5.41) is 7.52. The van der Waals surface area contributed by atoms with Crippen LogP contribution in [0.15, 0.2) is 30.5 Å². The number of aromatic nitrogens is 2. The van der Waals surface area contributed by atoms with Crippen LogP contribution < -0.4 is 0 Å². The molecule has 1 saturated carbocycles. The number of H-pyrrole nitrogens is 1. The van der Waals surface area contributed by atoms with E-state index < -0.39 is 0 Å². The molecule has 1 aromatic carbocycles. The van der Waals surface area contributed by atoms with Crippen LogP contribution in [0, 0.1) is 12.3 Å². The number of nitrogens with zero attached hydrogens (tertiary/aromatic N) is 2. The average molecular weight is 353 g/mol. The topological polar surface area (TPSA) is 58.2 Å². The smallest absolute Gasteiger partial charge is 0.231 e. The highest BCUT2D eigenvalue weighted by Gasteiger charge is 2.52. The van der Waals surface area contributed by atoms with E-state index in [2.05, 4.69) is 46.3 Å². The minimum absolute atomic E-state index is 0.246. The molecule has 2 fully saturated rings. The molecule has 2 aromatic rings. The summed E-state index contributed by atoms with van der Waals surface area (Å²) in [7, 11) is 1.69. The second-order valence-electron chi connectivity index (χ2n) is 7.87. The van der Waals surface area contributed by atoms with E-state index in [1.54, 1.807) is 7.11 Å². The Labute approximate surface area is 154 Å². The van der Waals surface area contributed by atoms with Crippen LogP contribution in [0.2, 0.25) is 0 Å². The van der Waals surface area contributed by atoms with E-state index in [9.17, 15) is 4.79 Å². The van der Waals surface area contributed by atoms with Gasteiger partial charge in [-0.15, -0.1) is 0 Å². The van der Waals surface area contributed by atoms with Crippen molar-refractivity contribution < 1.29 is 9.53 Å². The second-order valence-corrected chi connectivity index (χ2v) is 7.87. The highest BCUT2D eigenvalue weighted by molar-refractivity contribution is 5.85. The number of aryl methyl sites for hydroxylation is 1. The van der Waals surface area contributed by atoms with Gasteiger partial charge in [0.15, 0.2) is 0 Å². The van der Waals surface area contributed by atoms with Crippen molar-refractivity contribution in [2.75, 3.05) is 26.8 Å². The zero-order valence-corrected chi connectivity index (χ0v) is 15.6. The quantitative estimate of drug-likeness (QED) is 0.895. The van der Waals surface area contributed by atoms with Crippen molar-refractivity contribution in [3.05, 3.63) is 41.7 Å². The number of methoxy groups -OCH3 is 1. The first kappa shape index (κ1) is 17.3. The number of amides is 1. The van der Waals surface area contributed by atoms with Crippen molar-refractivity contribution in [1.82, 2.24) is 15.1 Å². The van der Waals surface area contributed by atoms with Crippen molar-refractivity contribution in [1.29, 1.82) is 0 Å². The Kier molecular flexibility index (Phi) is 4.57. The van der Waals surface area contributed by atoms with Gasteiger partial charge in [-0.05, 0) is 38.2 Å². The molecule has 1 aliphatic heterocycles. The van der Waals surface area contributed by atoms with Crippen LogP contribution in [-0.4, -0.2) is 47.8 Å². The summed E-state index contributed by atoms with van der Waals surface area (Å²) < 4.78 is 5.30. The van der Waals surface area contributed by atoms with Crippen LogP contribution >= 0.6 is 0 Å². The number of hydrogen-bond donors (Lipinski definition) is 1. The lowest BCUT2D eigenvalue weighted by atomic mass is 9.89. The SMILES string of the molecule is COCC1(C(=O)N2CCC[C@H](c3[nH]ncc3-c3ccc(C)cc3)C2)CC1. The van der Waals surface area contributed by atoms with Gasteiger partial charge >= 0.3 is 0 Å². The second kappa shape index (κ2) is 6.88. The summed E-state index contributed by atoms with van der Waals surface area (Å²) in [6.45, 7) is 4.27. The maximum Gasteiger partial charge on any atom is 0.231 e. The number of benzene rings is 1. The number of ether oxygens (including phenoxy) is 1. The minimum atomic E-state index is -0.246. The van der Waals surface area contributed by atoms with Crippen molar-refractivity contribution in [2.24, 2.45) is 5.41 Å². The Morgan fingerprint density at radius 1 is 1.35 bits per heavy atom. The number of nitrogens with one attached hydrogen (secondary N) is 1. The predicted molar refractivity (Wildman–Crippen MR) is 101 cm³/mol. The molecule has 2 heterocycles. The Morgan fingerprint density at radius 2 is 2.12 bits per heavy atom. The molecular formula is C21H27N3O2. The van der Waals surface area contributed by atoms with Gasteiger partial charge in [-0.2, -0.15) is 5.10 Å². The average Bonchev–Trinajstić information content (AvgIpc) is 3.28. The highest BCUT2D eigenvalue weighted by Crippen LogP contribution is 2.48. The van der Waals surface area contributed by atoms with E-state index in [4.69, 9.17) is 4.74 Å². The van der Waals surface area contributed by atoms with E-state index in [1.165, 1.54) is 11.1 Å². The summed E-state index contributed by atoms with van der Waals surface area (Å²) in [5.41, 5.74) is 4.50. The van der Waals surface area contributed by atoms with Crippen LogP contribution in [0.1, 0.15) is 42.9 Å². The third kappa shape index (κ3) is 3.16. The molecule has 4 rings (SSSR count). The normalized spacial score (nSPS) is 21.6. The minimum Gasteiger partial charge on any atom is -0.384 e. The molecule has 2 aliphatic rings. The molecule has 0 radical (unpaired) electrons. The number of hydrogen-bond acceptors (Lipinski definition) is 3. The van der Waals surface area contributed by atoms with Gasteiger partial charge in [-0.25, -0.2) is 0 Å². The van der Waals surface area contributed by atoms with Gasteiger partial charge in [0.2, 0.25) is 5.91 Å². The van der Waals surface area contributed by atoms with Gasteiger partial charge in [0.05, 0.1) is 18.2 Å². The van der Waals surface area contributed by atoms with Gasteiger partial charge < -0.3 is 9.64 Å². The molecule has 1 aromatic heterocycles. The third-order valence-corrected chi connectivity index (χ3v) is 5.88. The number of rotatable bonds is 5. The van der Waals surface area contributed by atoms with Gasteiger partial charge in [-0.1, -0.05) is 29.8 Å². The number of aromatic amines is 1. The molecule has 1 saturated heterocycles. The van der Waals surface area contributed by atoms with Crippen LogP contribution in [0.25, 0.3) is 11.1 Å². The van der Waals surface area contributed by atoms with E-state index >= 15 is 0 Å². The standard InChI is InChI=1S/C21H27N3O2/c1-15-5-7-16(8-6-15)18-12-22-23-19(18)17-4-3-11-24(13-17)20(25)21(9-10-21)14-26-2/h5-8,12,17H,3-4,9-11,13-14H2,1-2H3,(H,22,23)/t17-/m0/s1. The zero-order valence-electron chi connectivity index (χ0n) is 15.6. The van der Waals surface area contributed by atoms with E-state index in [0.29, 0.717) is 12.5 Å². The molecule has 26 heavy (non-hydrogen) atoms. The van der Waals surface area contributed by atoms with Gasteiger partial charge in [0.25, 0.3) is 0 Å². The first-order valence-electron chi connectivity index (χ1n) is 9.51. The lowest BCUT2D eigenvalue weighted by Crippen LogP contribution is -2.44. The Balaban J connectivity index is 1.53. The Bertz CT molecular complexity index is 777. The molecule has 1 atom stereocenters. The number of carbonyl (C=O) groups excluding carboxylic acids is 1. The third-order valence-electron chi connectivity index (χ3n) is 5.88. The van der Waals surface area contributed by atoms with Crippen molar-refractivity contribution in [2.45, 2.75) is 38.5 Å². The summed E-state index contributed by atoms with van der Waals surface area (Å²) in [6, 6.07) is 8.55. The number of carbonyl (C=O) groups is 1. The van der Waals surface area contributed by atoms with Crippen molar-refractivity contribution in [3.8, 4) is 11.1 Å². The summed E-state index contributed by atoms with van der Waals surface area (Å²) >= 11 is 0. The first-order chi connectivity index (χ1) is 12.6. The van der Waals surface area contributed by atoms with Crippen LogP contribution in [0.4, 0.5) is 0 Å². The largest absolute Gasteiger partial charge is 0.384 e. The Hall–Kier alpha value is -2.14. The highest BCUT2D eigenvalue weighted by atomic mass is 16.5. The predicted octanol–water partition coefficient (Wildman–Crippen LogP) is 3.52. The van der Waals surface area contributed by atoms with Crippen molar-refractivity contribution >= 4 is 5.91 Å². The Morgan fingerprint density at radius 3 is 2.81 bits per heavy atom. The molecule has 5 nitrogen and oxygen atoms in total. The van der Waals surface area contributed by atoms with Crippen LogP contribution in [0.3, 0.4) is 0 Å². The maximum atomic E-state index is 13.0. The monoisotopic (exact) mass is 353 g/mol. The van der Waals surface area contributed by atoms with Gasteiger partial charge in [0.1, 0.15) is 0 Å². The van der Waals surface area contributed by atoms with E-state index in [0.717, 1.165) is 50.0 Å². The maximum absolute atomic E-state index is 13.0. The summed E-state index contributed by atoms with van der Waals surface area (Å²) in [5.74, 6) is 0.588. The molecule has 0 unspecified atom stereocenters. The first-order valence-corrected chi connectivity index (χ1v) is 9.51. The van der Waals surface area contributed by atoms with Gasteiger partial charge in [-0.3, -0.25) is 9.89 Å². The van der Waals surface area contributed by atoms with Crippen LogP contribution in [-0.2, 0) is 9.53 Å². The van der Waals surface area contributed by atoms with Gasteiger partial charge in [0, 0.05) is 37.4 Å². The summed E-state index contributed by atoms with van der Waals surface area (Å²) in [4.78, 5) is 15.1. The molecular weight excluding hydrogens is 326 g/mol. The fourth-order valence-electron chi connectivity index (χ4n) is 4.15. The lowest BCUT2D eigenvalue weighted by Gasteiger charge is -2.35. The van der Waals surface area contributed by atoms with E-state index in [1.807, 2.05) is 6.20 Å². The molecule has 1 aliphatic carbocycles. The van der Waals surface area contributed by atoms with Crippen molar-refractivity contribution in [3.63, 3.8) is 0 Å². The molecule has 138 valence electrons. The molecule has 0 spiro atoms. The zero-order chi connectivity index (χ0) is 18.1. The molecule has 1 N–H and O–H groups in total. The van der Waals surface area contributed by atoms with E-state index in [-0.39, 0.29) is 11.3 Å². The molecule has 0 bridgehead atoms. The molecule has 5 heteroatoms. The lowest BCUT2D eigenvalue weighted by molar-refractivity contribution is -0.140. The fourth-order valence-corrected chi connectivity index (χ4v) is 4.15. The molecule has 1 amide bonds. The number of piperidine rings is 1. The number of likely N-dealkylation sites (tertiary alicyclic amines) is 1. The summed E-state index contributed by atoms with van der Waals surface area (Å²) in [6.07, 6.45) is 5.95. The fraction of sp³-hybridized carbons (Fsp3) is 0.524.